The maximum atomic E-state index is 11.6. The summed E-state index contributed by atoms with van der Waals surface area (Å²) in [6, 6.07) is 9.71. The van der Waals surface area contributed by atoms with Crippen molar-refractivity contribution >= 4 is 10.0 Å². The highest BCUT2D eigenvalue weighted by Crippen LogP contribution is 2.26. The van der Waals surface area contributed by atoms with E-state index in [1.807, 2.05) is 13.0 Å². The van der Waals surface area contributed by atoms with Crippen LogP contribution in [0.25, 0.3) is 22.8 Å². The molecule has 10 nitrogen and oxygen atoms in total. The van der Waals surface area contributed by atoms with Crippen LogP contribution in [0, 0.1) is 6.92 Å². The van der Waals surface area contributed by atoms with Gasteiger partial charge in [0.2, 0.25) is 21.7 Å². The number of benzene rings is 1. The zero-order chi connectivity index (χ0) is 21.3. The van der Waals surface area contributed by atoms with E-state index in [0.717, 1.165) is 5.56 Å². The molecule has 0 spiro atoms. The molecule has 2 N–H and O–H groups in total. The monoisotopic (exact) mass is 426 g/mol. The van der Waals surface area contributed by atoms with Crippen molar-refractivity contribution in [2.45, 2.75) is 18.4 Å². The van der Waals surface area contributed by atoms with Gasteiger partial charge in [-0.3, -0.25) is 4.68 Å². The van der Waals surface area contributed by atoms with Gasteiger partial charge in [-0.1, -0.05) is 23.4 Å². The molecule has 1 aromatic carbocycles. The minimum absolute atomic E-state index is 0.0348. The van der Waals surface area contributed by atoms with Crippen LogP contribution in [0.3, 0.4) is 0 Å². The molecule has 0 aliphatic rings. The highest BCUT2D eigenvalue weighted by atomic mass is 32.2. The number of nitrogens with zero attached hydrogens (tertiary/aromatic N) is 5. The summed E-state index contributed by atoms with van der Waals surface area (Å²) in [6.45, 7) is 2.14. The van der Waals surface area contributed by atoms with Crippen LogP contribution in [-0.2, 0) is 23.7 Å². The number of aryl methyl sites for hydroxylation is 2. The summed E-state index contributed by atoms with van der Waals surface area (Å²) in [6.07, 6.45) is 3.32. The second-order valence-electron chi connectivity index (χ2n) is 6.59. The normalized spacial score (nSPS) is 11.6. The van der Waals surface area contributed by atoms with Crippen molar-refractivity contribution in [3.05, 3.63) is 60.0 Å². The second kappa shape index (κ2) is 7.69. The Morgan fingerprint density at radius 3 is 2.77 bits per heavy atom. The molecule has 0 saturated carbocycles. The van der Waals surface area contributed by atoms with Crippen molar-refractivity contribution in [3.63, 3.8) is 0 Å². The predicted octanol–water partition coefficient (Wildman–Crippen LogP) is 2.07. The Bertz CT molecular complexity index is 1290. The van der Waals surface area contributed by atoms with E-state index < -0.39 is 10.0 Å². The number of primary sulfonamides is 1. The molecule has 0 atom stereocenters. The topological polar surface area (TPSA) is 139 Å². The average molecular weight is 426 g/mol. The van der Waals surface area contributed by atoms with Crippen molar-refractivity contribution in [2.24, 2.45) is 12.2 Å². The number of hydrogen-bond donors (Lipinski definition) is 1. The number of sulfonamides is 1. The molecule has 4 rings (SSSR count). The number of hydrogen-bond acceptors (Lipinski definition) is 8. The van der Waals surface area contributed by atoms with Crippen molar-refractivity contribution in [3.8, 4) is 28.7 Å². The Morgan fingerprint density at radius 2 is 2.03 bits per heavy atom. The summed E-state index contributed by atoms with van der Waals surface area (Å²) in [7, 11) is -2.07. The number of aromatic nitrogens is 5. The van der Waals surface area contributed by atoms with E-state index in [-0.39, 0.29) is 23.2 Å². The third-order valence-electron chi connectivity index (χ3n) is 4.38. The minimum atomic E-state index is -3.84. The van der Waals surface area contributed by atoms with Gasteiger partial charge in [0.05, 0.1) is 22.3 Å². The lowest BCUT2D eigenvalue weighted by Crippen LogP contribution is -2.11. The lowest BCUT2D eigenvalue weighted by Gasteiger charge is -2.07. The van der Waals surface area contributed by atoms with Crippen LogP contribution in [0.1, 0.15) is 11.3 Å². The standard InChI is InChI=1S/C19H18N6O4S/c1-12-6-7-17(21-9-12)28-11-16-15(10-22-25(16)2)19-23-18(24-29-19)13-4-3-5-14(8-13)30(20,26)27/h3-10H,11H2,1-2H3,(H2,20,26,27). The molecular formula is C19H18N6O4S. The first kappa shape index (κ1) is 19.7. The average Bonchev–Trinajstić information content (AvgIpc) is 3.34. The molecule has 0 fully saturated rings. The van der Waals surface area contributed by atoms with Crippen molar-refractivity contribution < 1.29 is 17.7 Å². The number of rotatable bonds is 6. The summed E-state index contributed by atoms with van der Waals surface area (Å²) < 4.78 is 35.9. The van der Waals surface area contributed by atoms with Crippen molar-refractivity contribution in [1.82, 2.24) is 24.9 Å². The lowest BCUT2D eigenvalue weighted by atomic mass is 10.2. The maximum absolute atomic E-state index is 11.6. The first-order valence-electron chi connectivity index (χ1n) is 8.85. The first-order valence-corrected chi connectivity index (χ1v) is 10.4. The van der Waals surface area contributed by atoms with Crippen LogP contribution in [0.2, 0.25) is 0 Å². The Labute approximate surface area is 172 Å². The van der Waals surface area contributed by atoms with Crippen LogP contribution in [0.4, 0.5) is 0 Å². The predicted molar refractivity (Wildman–Crippen MR) is 107 cm³/mol. The molecule has 154 valence electrons. The van der Waals surface area contributed by atoms with Crippen LogP contribution in [0.5, 0.6) is 5.88 Å². The summed E-state index contributed by atoms with van der Waals surface area (Å²) in [5.74, 6) is 0.944. The van der Waals surface area contributed by atoms with Gasteiger partial charge in [0.1, 0.15) is 6.61 Å². The molecule has 0 bridgehead atoms. The maximum Gasteiger partial charge on any atom is 0.261 e. The molecule has 4 aromatic rings. The van der Waals surface area contributed by atoms with Gasteiger partial charge in [0.15, 0.2) is 0 Å². The molecule has 3 heterocycles. The minimum Gasteiger partial charge on any atom is -0.471 e. The van der Waals surface area contributed by atoms with Gasteiger partial charge in [0.25, 0.3) is 5.89 Å². The van der Waals surface area contributed by atoms with E-state index in [0.29, 0.717) is 22.7 Å². The Balaban J connectivity index is 1.61. The fraction of sp³-hybridized carbons (Fsp3) is 0.158. The highest BCUT2D eigenvalue weighted by Gasteiger charge is 2.19. The van der Waals surface area contributed by atoms with Crippen LogP contribution < -0.4 is 9.88 Å². The molecule has 0 radical (unpaired) electrons. The Morgan fingerprint density at radius 1 is 1.20 bits per heavy atom. The first-order chi connectivity index (χ1) is 14.3. The zero-order valence-corrected chi connectivity index (χ0v) is 17.0. The Kier molecular flexibility index (Phi) is 5.06. The molecule has 0 aliphatic carbocycles. The lowest BCUT2D eigenvalue weighted by molar-refractivity contribution is 0.283. The van der Waals surface area contributed by atoms with E-state index in [9.17, 15) is 8.42 Å². The third kappa shape index (κ3) is 4.07. The van der Waals surface area contributed by atoms with Crippen LogP contribution in [-0.4, -0.2) is 33.3 Å². The fourth-order valence-electron chi connectivity index (χ4n) is 2.76. The molecule has 30 heavy (non-hydrogen) atoms. The quantitative estimate of drug-likeness (QED) is 0.494. The van der Waals surface area contributed by atoms with E-state index in [2.05, 4.69) is 20.2 Å². The smallest absolute Gasteiger partial charge is 0.261 e. The van der Waals surface area contributed by atoms with Gasteiger partial charge in [-0.25, -0.2) is 18.5 Å². The van der Waals surface area contributed by atoms with Gasteiger partial charge in [-0.05, 0) is 24.6 Å². The number of ether oxygens (including phenoxy) is 1. The largest absolute Gasteiger partial charge is 0.471 e. The van der Waals surface area contributed by atoms with Gasteiger partial charge in [-0.15, -0.1) is 0 Å². The highest BCUT2D eigenvalue weighted by molar-refractivity contribution is 7.89. The van der Waals surface area contributed by atoms with Gasteiger partial charge < -0.3 is 9.26 Å². The van der Waals surface area contributed by atoms with E-state index >= 15 is 0 Å². The molecule has 3 aromatic heterocycles. The summed E-state index contributed by atoms with van der Waals surface area (Å²) in [5.41, 5.74) is 2.81. The molecule has 0 unspecified atom stereocenters. The number of nitrogens with two attached hydrogens (primary N) is 1. The Hall–Kier alpha value is -3.57. The molecule has 0 saturated heterocycles. The molecular weight excluding hydrogens is 408 g/mol. The summed E-state index contributed by atoms with van der Waals surface area (Å²) in [4.78, 5) is 8.56. The van der Waals surface area contributed by atoms with Gasteiger partial charge in [-0.2, -0.15) is 10.1 Å². The second-order valence-corrected chi connectivity index (χ2v) is 8.15. The summed E-state index contributed by atoms with van der Waals surface area (Å²) >= 11 is 0. The van der Waals surface area contributed by atoms with Crippen LogP contribution in [0.15, 0.2) is 58.2 Å². The zero-order valence-electron chi connectivity index (χ0n) is 16.2. The molecule has 0 aliphatic heterocycles. The SMILES string of the molecule is Cc1ccc(OCc2c(-c3nc(-c4cccc(S(N)(=O)=O)c4)no3)cnn2C)nc1. The molecule has 0 amide bonds. The van der Waals surface area contributed by atoms with E-state index in [1.54, 1.807) is 42.3 Å². The van der Waals surface area contributed by atoms with E-state index in [1.165, 1.54) is 12.1 Å². The fourth-order valence-corrected chi connectivity index (χ4v) is 3.32. The van der Waals surface area contributed by atoms with Gasteiger partial charge in [0, 0.05) is 24.9 Å². The third-order valence-corrected chi connectivity index (χ3v) is 5.29. The van der Waals surface area contributed by atoms with Crippen molar-refractivity contribution in [1.29, 1.82) is 0 Å². The van der Waals surface area contributed by atoms with E-state index in [4.69, 9.17) is 14.4 Å². The molecule has 11 heteroatoms. The van der Waals surface area contributed by atoms with Crippen molar-refractivity contribution in [2.75, 3.05) is 0 Å². The number of pyridine rings is 1. The van der Waals surface area contributed by atoms with Crippen LogP contribution >= 0.6 is 0 Å². The summed E-state index contributed by atoms with van der Waals surface area (Å²) in [5, 5.41) is 13.4. The van der Waals surface area contributed by atoms with Gasteiger partial charge >= 0.3 is 0 Å².